The largest absolute Gasteiger partial charge is 0.378 e. The van der Waals surface area contributed by atoms with E-state index in [4.69, 9.17) is 38.4 Å². The summed E-state index contributed by atoms with van der Waals surface area (Å²) in [5.74, 6) is 0.0592. The molecule has 0 fully saturated rings. The number of aromatic nitrogens is 1. The van der Waals surface area contributed by atoms with E-state index in [1.54, 1.807) is 17.5 Å². The zero-order valence-corrected chi connectivity index (χ0v) is 18.6. The van der Waals surface area contributed by atoms with Crippen LogP contribution in [0.1, 0.15) is 12.8 Å². The van der Waals surface area contributed by atoms with Gasteiger partial charge in [0.2, 0.25) is 11.8 Å². The third-order valence-electron chi connectivity index (χ3n) is 3.71. The summed E-state index contributed by atoms with van der Waals surface area (Å²) in [4.78, 5) is 28.1. The lowest BCUT2D eigenvalue weighted by Crippen LogP contribution is -2.29. The lowest BCUT2D eigenvalue weighted by Gasteiger charge is -2.07. The Kier molecular flexibility index (Phi) is 11.1. The van der Waals surface area contributed by atoms with Crippen LogP contribution in [0.4, 0.5) is 5.82 Å². The van der Waals surface area contributed by atoms with E-state index in [1.165, 1.54) is 11.3 Å². The maximum atomic E-state index is 12.1. The Labute approximate surface area is 189 Å². The molecule has 8 nitrogen and oxygen atoms in total. The summed E-state index contributed by atoms with van der Waals surface area (Å²) in [6.45, 7) is 1.98. The molecule has 1 aromatic carbocycles. The van der Waals surface area contributed by atoms with E-state index >= 15 is 0 Å². The van der Waals surface area contributed by atoms with Gasteiger partial charge >= 0.3 is 0 Å². The molecule has 2 aromatic rings. The summed E-state index contributed by atoms with van der Waals surface area (Å²) in [5, 5.41) is 8.85. The van der Waals surface area contributed by atoms with Gasteiger partial charge in [-0.1, -0.05) is 29.3 Å². The second kappa shape index (κ2) is 13.5. The Bertz CT molecular complexity index is 835. The van der Waals surface area contributed by atoms with Crippen LogP contribution in [0.2, 0.25) is 10.0 Å². The number of thiazole rings is 1. The first-order valence-electron chi connectivity index (χ1n) is 9.32. The number of hydrogen-bond donors (Lipinski definition) is 3. The van der Waals surface area contributed by atoms with Crippen LogP contribution in [0.15, 0.2) is 23.6 Å². The lowest BCUT2D eigenvalue weighted by atomic mass is 10.2. The number of ether oxygens (including phenoxy) is 2. The van der Waals surface area contributed by atoms with Gasteiger partial charge in [-0.25, -0.2) is 4.98 Å². The Morgan fingerprint density at radius 1 is 1.10 bits per heavy atom. The van der Waals surface area contributed by atoms with Gasteiger partial charge in [-0.3, -0.25) is 9.59 Å². The first-order chi connectivity index (χ1) is 14.5. The number of anilines is 1. The normalized spacial score (nSPS) is 10.8. The molecule has 11 heteroatoms. The Morgan fingerprint density at radius 3 is 2.67 bits per heavy atom. The molecule has 0 radical (unpaired) electrons. The third-order valence-corrected chi connectivity index (χ3v) is 5.34. The molecule has 0 aliphatic carbocycles. The minimum atomic E-state index is -0.236. The topological polar surface area (TPSA) is 116 Å². The summed E-state index contributed by atoms with van der Waals surface area (Å²) >= 11 is 13.3. The highest BCUT2D eigenvalue weighted by molar-refractivity contribution is 7.13. The number of amides is 2. The SMILES string of the molecule is NCCOCCOCC(=O)NCCCC(=O)Nc1csc(-c2ccc(Cl)c(Cl)c2)n1. The molecule has 4 N–H and O–H groups in total. The molecule has 0 spiro atoms. The number of nitrogens with one attached hydrogen (secondary N) is 2. The summed E-state index contributed by atoms with van der Waals surface area (Å²) in [7, 11) is 0. The van der Waals surface area contributed by atoms with Crippen molar-refractivity contribution in [1.82, 2.24) is 10.3 Å². The standard InChI is InChI=1S/C19H24Cl2N4O4S/c20-14-4-3-13(10-15(14)21)19-25-16(12-30-19)24-17(26)2-1-6-23-18(27)11-29-9-8-28-7-5-22/h3-4,10,12H,1-2,5-9,11,22H2,(H,23,27)(H,24,26). The van der Waals surface area contributed by atoms with Crippen molar-refractivity contribution in [3.63, 3.8) is 0 Å². The van der Waals surface area contributed by atoms with Crippen LogP contribution in [0.5, 0.6) is 0 Å². The van der Waals surface area contributed by atoms with E-state index < -0.39 is 0 Å². The van der Waals surface area contributed by atoms with Crippen molar-refractivity contribution < 1.29 is 19.1 Å². The third kappa shape index (κ3) is 8.95. The van der Waals surface area contributed by atoms with Crippen molar-refractivity contribution in [3.05, 3.63) is 33.6 Å². The Hall–Kier alpha value is -1.75. The summed E-state index contributed by atoms with van der Waals surface area (Å²) in [5.41, 5.74) is 6.11. The molecule has 164 valence electrons. The number of halogens is 2. The van der Waals surface area contributed by atoms with Gasteiger partial charge in [-0.15, -0.1) is 11.3 Å². The van der Waals surface area contributed by atoms with E-state index in [0.717, 1.165) is 10.6 Å². The highest BCUT2D eigenvalue weighted by atomic mass is 35.5. The predicted molar refractivity (Wildman–Crippen MR) is 119 cm³/mol. The highest BCUT2D eigenvalue weighted by Gasteiger charge is 2.10. The van der Waals surface area contributed by atoms with Gasteiger partial charge < -0.3 is 25.8 Å². The summed E-state index contributed by atoms with van der Waals surface area (Å²) in [6, 6.07) is 5.25. The number of benzene rings is 1. The molecule has 2 rings (SSSR count). The number of nitrogens with two attached hydrogens (primary N) is 1. The minimum Gasteiger partial charge on any atom is -0.378 e. The molecule has 30 heavy (non-hydrogen) atoms. The molecule has 2 amide bonds. The van der Waals surface area contributed by atoms with E-state index in [0.29, 0.717) is 55.2 Å². The van der Waals surface area contributed by atoms with Crippen molar-refractivity contribution in [1.29, 1.82) is 0 Å². The predicted octanol–water partition coefficient (Wildman–Crippen LogP) is 2.94. The van der Waals surface area contributed by atoms with Gasteiger partial charge in [0.25, 0.3) is 0 Å². The van der Waals surface area contributed by atoms with Crippen LogP contribution in [-0.4, -0.2) is 56.3 Å². The molecular formula is C19H24Cl2N4O4S. The van der Waals surface area contributed by atoms with E-state index in [-0.39, 0.29) is 24.8 Å². The molecule has 0 atom stereocenters. The molecule has 1 heterocycles. The van der Waals surface area contributed by atoms with Gasteiger partial charge in [0.1, 0.15) is 17.4 Å². The van der Waals surface area contributed by atoms with Gasteiger partial charge in [0.15, 0.2) is 0 Å². The molecular weight excluding hydrogens is 451 g/mol. The van der Waals surface area contributed by atoms with E-state index in [1.807, 2.05) is 6.07 Å². The molecule has 0 saturated carbocycles. The lowest BCUT2D eigenvalue weighted by molar-refractivity contribution is -0.126. The fraction of sp³-hybridized carbons (Fsp3) is 0.421. The van der Waals surface area contributed by atoms with Gasteiger partial charge in [0, 0.05) is 30.5 Å². The van der Waals surface area contributed by atoms with Crippen LogP contribution in [0.25, 0.3) is 10.6 Å². The number of hydrogen-bond acceptors (Lipinski definition) is 7. The van der Waals surface area contributed by atoms with E-state index in [2.05, 4.69) is 15.6 Å². The van der Waals surface area contributed by atoms with Crippen molar-refractivity contribution >= 4 is 52.2 Å². The van der Waals surface area contributed by atoms with Gasteiger partial charge in [0.05, 0.1) is 29.9 Å². The molecule has 0 bridgehead atoms. The fourth-order valence-corrected chi connectivity index (χ4v) is 3.34. The van der Waals surface area contributed by atoms with Crippen LogP contribution in [-0.2, 0) is 19.1 Å². The van der Waals surface area contributed by atoms with Crippen molar-refractivity contribution in [2.75, 3.05) is 44.8 Å². The van der Waals surface area contributed by atoms with Crippen LogP contribution in [0.3, 0.4) is 0 Å². The molecule has 0 saturated heterocycles. The Balaban J connectivity index is 1.62. The maximum Gasteiger partial charge on any atom is 0.245 e. The number of carbonyl (C=O) groups is 2. The maximum absolute atomic E-state index is 12.1. The average Bonchev–Trinajstić information content (AvgIpc) is 3.18. The van der Waals surface area contributed by atoms with Gasteiger partial charge in [-0.05, 0) is 18.6 Å². The number of carbonyl (C=O) groups excluding carboxylic acids is 2. The summed E-state index contributed by atoms with van der Waals surface area (Å²) in [6.07, 6.45) is 0.759. The van der Waals surface area contributed by atoms with Crippen LogP contribution >= 0.6 is 34.5 Å². The molecule has 0 aliphatic rings. The second-order valence-corrected chi connectivity index (χ2v) is 7.79. The zero-order valence-electron chi connectivity index (χ0n) is 16.3. The first-order valence-corrected chi connectivity index (χ1v) is 11.0. The zero-order chi connectivity index (χ0) is 21.8. The number of rotatable bonds is 13. The van der Waals surface area contributed by atoms with Crippen LogP contribution < -0.4 is 16.4 Å². The van der Waals surface area contributed by atoms with Gasteiger partial charge in [-0.2, -0.15) is 0 Å². The second-order valence-electron chi connectivity index (χ2n) is 6.12. The van der Waals surface area contributed by atoms with Crippen molar-refractivity contribution in [2.45, 2.75) is 12.8 Å². The smallest absolute Gasteiger partial charge is 0.245 e. The monoisotopic (exact) mass is 474 g/mol. The highest BCUT2D eigenvalue weighted by Crippen LogP contribution is 2.31. The van der Waals surface area contributed by atoms with Crippen molar-refractivity contribution in [3.8, 4) is 10.6 Å². The fourth-order valence-electron chi connectivity index (χ4n) is 2.29. The quantitative estimate of drug-likeness (QED) is 0.384. The first kappa shape index (κ1) is 24.5. The molecule has 0 aliphatic heterocycles. The minimum absolute atomic E-state index is 0.0471. The van der Waals surface area contributed by atoms with Crippen LogP contribution in [0, 0.1) is 0 Å². The molecule has 1 aromatic heterocycles. The Morgan fingerprint density at radius 2 is 1.90 bits per heavy atom. The summed E-state index contributed by atoms with van der Waals surface area (Å²) < 4.78 is 10.3. The van der Waals surface area contributed by atoms with Crippen molar-refractivity contribution in [2.24, 2.45) is 5.73 Å². The molecule has 0 unspecified atom stereocenters. The van der Waals surface area contributed by atoms with E-state index in [9.17, 15) is 9.59 Å². The average molecular weight is 475 g/mol. The number of nitrogens with zero attached hydrogens (tertiary/aromatic N) is 1.